The van der Waals surface area contributed by atoms with Crippen molar-refractivity contribution in [2.24, 2.45) is 5.92 Å². The minimum atomic E-state index is -0.00931. The number of carbonyl (C=O) groups excluding carboxylic acids is 1. The Balaban J connectivity index is 1.87. The third kappa shape index (κ3) is 2.05. The largest absolute Gasteiger partial charge is 0.457 e. The number of ether oxygens (including phenoxy) is 1. The zero-order valence-electron chi connectivity index (χ0n) is 11.7. The van der Waals surface area contributed by atoms with Crippen LogP contribution >= 0.6 is 0 Å². The second-order valence-electron chi connectivity index (χ2n) is 5.68. The normalized spacial score (nSPS) is 21.3. The van der Waals surface area contributed by atoms with Gasteiger partial charge in [0.15, 0.2) is 0 Å². The van der Waals surface area contributed by atoms with Crippen molar-refractivity contribution in [3.05, 3.63) is 59.7 Å². The van der Waals surface area contributed by atoms with E-state index in [0.29, 0.717) is 12.2 Å². The van der Waals surface area contributed by atoms with E-state index >= 15 is 0 Å². The van der Waals surface area contributed by atoms with Crippen LogP contribution < -0.4 is 10.1 Å². The number of nitrogens with one attached hydrogen (secondary N) is 1. The number of carbonyl (C=O) groups is 1. The van der Waals surface area contributed by atoms with Crippen molar-refractivity contribution in [3.8, 4) is 11.5 Å². The fourth-order valence-electron chi connectivity index (χ4n) is 3.45. The van der Waals surface area contributed by atoms with Crippen molar-refractivity contribution < 1.29 is 9.53 Å². The van der Waals surface area contributed by atoms with E-state index < -0.39 is 0 Å². The highest BCUT2D eigenvalue weighted by molar-refractivity contribution is 5.84. The highest BCUT2D eigenvalue weighted by atomic mass is 16.5. The Morgan fingerprint density at radius 3 is 2.19 bits per heavy atom. The predicted octanol–water partition coefficient (Wildman–Crippen LogP) is 3.10. The summed E-state index contributed by atoms with van der Waals surface area (Å²) in [6.07, 6.45) is 0.617. The summed E-state index contributed by atoms with van der Waals surface area (Å²) in [5, 5.41) is 3.36. The molecule has 106 valence electrons. The van der Waals surface area contributed by atoms with Crippen molar-refractivity contribution in [2.75, 3.05) is 13.1 Å². The predicted molar refractivity (Wildman–Crippen MR) is 80.8 cm³/mol. The van der Waals surface area contributed by atoms with Crippen LogP contribution in [0.15, 0.2) is 48.5 Å². The van der Waals surface area contributed by atoms with Gasteiger partial charge in [-0.15, -0.1) is 0 Å². The van der Waals surface area contributed by atoms with Crippen LogP contribution in [0.2, 0.25) is 0 Å². The molecule has 0 saturated carbocycles. The van der Waals surface area contributed by atoms with Crippen LogP contribution in [0, 0.1) is 5.92 Å². The number of fused-ring (bicyclic) bond motifs is 2. The number of hydrogen-bond acceptors (Lipinski definition) is 3. The molecule has 21 heavy (non-hydrogen) atoms. The Bertz CT molecular complexity index is 650. The third-order valence-electron chi connectivity index (χ3n) is 4.46. The second kappa shape index (κ2) is 5.01. The van der Waals surface area contributed by atoms with Gasteiger partial charge in [0.2, 0.25) is 0 Å². The molecule has 0 amide bonds. The van der Waals surface area contributed by atoms with E-state index in [1.165, 1.54) is 0 Å². The number of Topliss-reactive ketones (excluding diaryl/α,β-unsaturated/α-hetero) is 1. The van der Waals surface area contributed by atoms with Crippen molar-refractivity contribution in [3.63, 3.8) is 0 Å². The van der Waals surface area contributed by atoms with Crippen LogP contribution in [0.25, 0.3) is 0 Å². The molecule has 0 aliphatic carbocycles. The Labute approximate surface area is 123 Å². The number of piperidine rings is 1. The summed E-state index contributed by atoms with van der Waals surface area (Å²) < 4.78 is 6.00. The van der Waals surface area contributed by atoms with Crippen LogP contribution in [0.4, 0.5) is 0 Å². The van der Waals surface area contributed by atoms with Crippen LogP contribution in [-0.2, 0) is 4.79 Å². The first-order valence-corrected chi connectivity index (χ1v) is 7.44. The highest BCUT2D eigenvalue weighted by Gasteiger charge is 2.37. The van der Waals surface area contributed by atoms with Gasteiger partial charge in [-0.25, -0.2) is 0 Å². The van der Waals surface area contributed by atoms with Gasteiger partial charge in [0.05, 0.1) is 0 Å². The summed E-state index contributed by atoms with van der Waals surface area (Å²) in [7, 11) is 0. The molecule has 0 aromatic heterocycles. The molecule has 0 spiro atoms. The van der Waals surface area contributed by atoms with E-state index in [-0.39, 0.29) is 11.8 Å². The van der Waals surface area contributed by atoms with E-state index in [2.05, 4.69) is 17.4 Å². The first-order chi connectivity index (χ1) is 10.3. The van der Waals surface area contributed by atoms with Crippen LogP contribution in [0.1, 0.15) is 23.5 Å². The molecule has 4 rings (SSSR count). The van der Waals surface area contributed by atoms with Gasteiger partial charge in [-0.2, -0.15) is 0 Å². The van der Waals surface area contributed by atoms with Crippen LogP contribution in [0.5, 0.6) is 11.5 Å². The molecule has 1 fully saturated rings. The van der Waals surface area contributed by atoms with E-state index in [1.807, 2.05) is 36.4 Å². The van der Waals surface area contributed by atoms with E-state index in [4.69, 9.17) is 4.74 Å². The van der Waals surface area contributed by atoms with E-state index in [9.17, 15) is 4.79 Å². The highest BCUT2D eigenvalue weighted by Crippen LogP contribution is 2.47. The van der Waals surface area contributed by atoms with Gasteiger partial charge in [-0.1, -0.05) is 36.4 Å². The standard InChI is InChI=1S/C18H17NO2/c20-15-9-10-19-11-14(15)18-12-5-1-3-7-16(12)21-17-8-4-2-6-13(17)18/h1-8,14,18-19H,9-11H2. The number of benzene rings is 2. The maximum Gasteiger partial charge on any atom is 0.139 e. The number of hydrogen-bond donors (Lipinski definition) is 1. The third-order valence-corrected chi connectivity index (χ3v) is 4.46. The molecule has 2 heterocycles. The van der Waals surface area contributed by atoms with Crippen molar-refractivity contribution >= 4 is 5.78 Å². The summed E-state index contributed by atoms with van der Waals surface area (Å²) in [5.41, 5.74) is 2.25. The lowest BCUT2D eigenvalue weighted by Crippen LogP contribution is -2.41. The maximum absolute atomic E-state index is 12.4. The second-order valence-corrected chi connectivity index (χ2v) is 5.68. The Morgan fingerprint density at radius 1 is 0.952 bits per heavy atom. The Kier molecular flexibility index (Phi) is 3.00. The number of ketones is 1. The molecule has 0 radical (unpaired) electrons. The first-order valence-electron chi connectivity index (χ1n) is 7.44. The lowest BCUT2D eigenvalue weighted by atomic mass is 9.75. The van der Waals surface area contributed by atoms with Crippen molar-refractivity contribution in [1.82, 2.24) is 5.32 Å². The van der Waals surface area contributed by atoms with Gasteiger partial charge >= 0.3 is 0 Å². The fourth-order valence-corrected chi connectivity index (χ4v) is 3.45. The molecular weight excluding hydrogens is 262 g/mol. The van der Waals surface area contributed by atoms with Crippen LogP contribution in [0.3, 0.4) is 0 Å². The molecule has 3 heteroatoms. The van der Waals surface area contributed by atoms with Gasteiger partial charge in [-0.05, 0) is 12.1 Å². The summed E-state index contributed by atoms with van der Waals surface area (Å²) >= 11 is 0. The lowest BCUT2D eigenvalue weighted by Gasteiger charge is -2.35. The monoisotopic (exact) mass is 279 g/mol. The molecule has 2 aliphatic rings. The van der Waals surface area contributed by atoms with Gasteiger partial charge in [0, 0.05) is 42.5 Å². The molecule has 1 atom stereocenters. The number of para-hydroxylation sites is 2. The lowest BCUT2D eigenvalue weighted by molar-refractivity contribution is -0.124. The molecule has 0 bridgehead atoms. The van der Waals surface area contributed by atoms with Gasteiger partial charge in [0.1, 0.15) is 17.3 Å². The van der Waals surface area contributed by atoms with E-state index in [1.54, 1.807) is 0 Å². The number of rotatable bonds is 1. The Hall–Kier alpha value is -2.13. The molecule has 2 aromatic rings. The SMILES string of the molecule is O=C1CCNCC1C1c2ccccc2Oc2ccccc21. The minimum Gasteiger partial charge on any atom is -0.457 e. The van der Waals surface area contributed by atoms with Crippen molar-refractivity contribution in [1.29, 1.82) is 0 Å². The summed E-state index contributed by atoms with van der Waals surface area (Å²) in [4.78, 5) is 12.4. The van der Waals surface area contributed by atoms with Crippen LogP contribution in [-0.4, -0.2) is 18.9 Å². The topological polar surface area (TPSA) is 38.3 Å². The van der Waals surface area contributed by atoms with Gasteiger partial charge in [-0.3, -0.25) is 4.79 Å². The zero-order valence-corrected chi connectivity index (χ0v) is 11.7. The van der Waals surface area contributed by atoms with Gasteiger partial charge in [0.25, 0.3) is 0 Å². The first kappa shape index (κ1) is 12.6. The summed E-state index contributed by atoms with van der Waals surface area (Å²) in [6, 6.07) is 16.1. The van der Waals surface area contributed by atoms with Gasteiger partial charge < -0.3 is 10.1 Å². The average molecular weight is 279 g/mol. The molecule has 1 unspecified atom stereocenters. The Morgan fingerprint density at radius 2 is 1.57 bits per heavy atom. The molecule has 1 saturated heterocycles. The molecule has 3 nitrogen and oxygen atoms in total. The van der Waals surface area contributed by atoms with Crippen molar-refractivity contribution in [2.45, 2.75) is 12.3 Å². The quantitative estimate of drug-likeness (QED) is 0.871. The molecule has 1 N–H and O–H groups in total. The zero-order chi connectivity index (χ0) is 14.2. The maximum atomic E-state index is 12.4. The molecule has 2 aromatic carbocycles. The smallest absolute Gasteiger partial charge is 0.139 e. The minimum absolute atomic E-state index is 0.00931. The van der Waals surface area contributed by atoms with E-state index in [0.717, 1.165) is 35.7 Å². The summed E-state index contributed by atoms with van der Waals surface area (Å²) in [6.45, 7) is 1.54. The fraction of sp³-hybridized carbons (Fsp3) is 0.278. The average Bonchev–Trinajstić information content (AvgIpc) is 2.53. The molecular formula is C18H17NO2. The molecule has 2 aliphatic heterocycles. The summed E-state index contributed by atoms with van der Waals surface area (Å²) in [5.74, 6) is 2.18.